The Bertz CT molecular complexity index is 359. The van der Waals surface area contributed by atoms with Crippen LogP contribution in [0.1, 0.15) is 72.6 Å². The number of nitrogens with zero attached hydrogens (tertiary/aromatic N) is 2. The van der Waals surface area contributed by atoms with E-state index in [0.29, 0.717) is 0 Å². The molecule has 0 unspecified atom stereocenters. The van der Waals surface area contributed by atoms with E-state index in [9.17, 15) is 4.79 Å². The van der Waals surface area contributed by atoms with E-state index in [1.54, 1.807) is 0 Å². The lowest BCUT2D eigenvalue weighted by Gasteiger charge is -2.34. The fraction of sp³-hybridized carbons (Fsp3) is 0.867. The van der Waals surface area contributed by atoms with Gasteiger partial charge in [0.05, 0.1) is 0 Å². The number of amides is 1. The van der Waals surface area contributed by atoms with Gasteiger partial charge in [0.1, 0.15) is 11.4 Å². The molecule has 0 aromatic rings. The quantitative estimate of drug-likeness (QED) is 0.754. The second-order valence-corrected chi connectivity index (χ2v) is 6.68. The summed E-state index contributed by atoms with van der Waals surface area (Å²) in [5.41, 5.74) is -0.522. The molecule has 2 rings (SSSR count). The Morgan fingerprint density at radius 1 is 1.28 bits per heavy atom. The maximum Gasteiger partial charge on any atom is 0.256 e. The Morgan fingerprint density at radius 2 is 1.89 bits per heavy atom. The van der Waals surface area contributed by atoms with Crippen molar-refractivity contribution in [3.8, 4) is 0 Å². The van der Waals surface area contributed by atoms with Crippen LogP contribution >= 0.6 is 0 Å². The van der Waals surface area contributed by atoms with Crippen LogP contribution in [0.4, 0.5) is 0 Å². The first-order valence-electron chi connectivity index (χ1n) is 7.34. The predicted octanol–water partition coefficient (Wildman–Crippen LogP) is 3.53. The third-order valence-electron chi connectivity index (χ3n) is 4.06. The van der Waals surface area contributed by atoms with Crippen molar-refractivity contribution in [2.75, 3.05) is 0 Å². The summed E-state index contributed by atoms with van der Waals surface area (Å²) in [6.07, 6.45) is 7.42. The van der Waals surface area contributed by atoms with Crippen LogP contribution in [0.2, 0.25) is 0 Å². The zero-order valence-electron chi connectivity index (χ0n) is 12.3. The van der Waals surface area contributed by atoms with Crippen LogP contribution in [0, 0.1) is 0 Å². The van der Waals surface area contributed by atoms with Crippen molar-refractivity contribution in [3.05, 3.63) is 0 Å². The van der Waals surface area contributed by atoms with Gasteiger partial charge in [0.15, 0.2) is 0 Å². The van der Waals surface area contributed by atoms with E-state index < -0.39 is 0 Å². The van der Waals surface area contributed by atoms with Crippen LogP contribution in [-0.2, 0) is 4.79 Å². The molecule has 0 N–H and O–H groups in total. The van der Waals surface area contributed by atoms with E-state index in [1.807, 2.05) is 4.90 Å². The molecular weight excluding hydrogens is 224 g/mol. The SMILES string of the molecule is CCCCC1=NC2(CCCC2)C(=O)N1C(C)(C)C. The average Bonchev–Trinajstić information content (AvgIpc) is 2.83. The molecule has 1 amide bonds. The minimum atomic E-state index is -0.379. The smallest absolute Gasteiger partial charge is 0.256 e. The Morgan fingerprint density at radius 3 is 2.39 bits per heavy atom. The zero-order valence-corrected chi connectivity index (χ0v) is 12.3. The summed E-state index contributed by atoms with van der Waals surface area (Å²) in [5.74, 6) is 1.30. The molecule has 1 aliphatic carbocycles. The molecule has 3 nitrogen and oxygen atoms in total. The largest absolute Gasteiger partial charge is 0.293 e. The van der Waals surface area contributed by atoms with Crippen LogP contribution in [0.15, 0.2) is 4.99 Å². The Kier molecular flexibility index (Phi) is 3.52. The van der Waals surface area contributed by atoms with Gasteiger partial charge in [-0.25, -0.2) is 0 Å². The van der Waals surface area contributed by atoms with Gasteiger partial charge in [0.2, 0.25) is 0 Å². The van der Waals surface area contributed by atoms with Crippen molar-refractivity contribution in [2.24, 2.45) is 4.99 Å². The molecule has 2 aliphatic rings. The summed E-state index contributed by atoms with van der Waals surface area (Å²) in [6, 6.07) is 0. The zero-order chi connectivity index (χ0) is 13.4. The third kappa shape index (κ3) is 2.19. The van der Waals surface area contributed by atoms with Gasteiger partial charge in [-0.2, -0.15) is 0 Å². The maximum absolute atomic E-state index is 12.8. The molecule has 1 saturated carbocycles. The minimum absolute atomic E-state index is 0.143. The average molecular weight is 250 g/mol. The fourth-order valence-corrected chi connectivity index (χ4v) is 3.15. The Balaban J connectivity index is 2.29. The topological polar surface area (TPSA) is 32.7 Å². The van der Waals surface area contributed by atoms with Crippen molar-refractivity contribution in [2.45, 2.75) is 83.7 Å². The number of amidine groups is 1. The molecule has 1 heterocycles. The molecule has 3 heteroatoms. The standard InChI is InChI=1S/C15H26N2O/c1-5-6-9-12-16-15(10-7-8-11-15)13(18)17(12)14(2,3)4/h5-11H2,1-4H3. The molecule has 1 fully saturated rings. The van der Waals surface area contributed by atoms with E-state index in [2.05, 4.69) is 27.7 Å². The van der Waals surface area contributed by atoms with Gasteiger partial charge in [-0.15, -0.1) is 0 Å². The summed E-state index contributed by atoms with van der Waals surface area (Å²) in [6.45, 7) is 8.52. The summed E-state index contributed by atoms with van der Waals surface area (Å²) in [4.78, 5) is 19.6. The number of hydrogen-bond donors (Lipinski definition) is 0. The number of unbranched alkanes of at least 4 members (excludes halogenated alkanes) is 1. The fourth-order valence-electron chi connectivity index (χ4n) is 3.15. The second kappa shape index (κ2) is 4.67. The van der Waals surface area contributed by atoms with Crippen LogP contribution in [0.25, 0.3) is 0 Å². The lowest BCUT2D eigenvalue weighted by molar-refractivity contribution is -0.134. The van der Waals surface area contributed by atoms with Gasteiger partial charge in [-0.3, -0.25) is 14.7 Å². The van der Waals surface area contributed by atoms with Crippen LogP contribution in [0.5, 0.6) is 0 Å². The summed E-state index contributed by atoms with van der Waals surface area (Å²) in [5, 5.41) is 0. The summed E-state index contributed by atoms with van der Waals surface area (Å²) < 4.78 is 0. The van der Waals surface area contributed by atoms with E-state index in [1.165, 1.54) is 0 Å². The molecule has 0 saturated heterocycles. The molecule has 102 valence electrons. The molecule has 18 heavy (non-hydrogen) atoms. The van der Waals surface area contributed by atoms with Gasteiger partial charge >= 0.3 is 0 Å². The first-order valence-corrected chi connectivity index (χ1v) is 7.34. The van der Waals surface area contributed by atoms with E-state index in [0.717, 1.165) is 50.8 Å². The lowest BCUT2D eigenvalue weighted by atomic mass is 9.95. The number of hydrogen-bond acceptors (Lipinski definition) is 2. The lowest BCUT2D eigenvalue weighted by Crippen LogP contribution is -2.50. The maximum atomic E-state index is 12.8. The second-order valence-electron chi connectivity index (χ2n) is 6.68. The van der Waals surface area contributed by atoms with E-state index in [4.69, 9.17) is 4.99 Å². The normalized spacial score (nSPS) is 23.0. The molecule has 0 atom stereocenters. The van der Waals surface area contributed by atoms with Gasteiger partial charge < -0.3 is 0 Å². The number of aliphatic imine (C=N–C) groups is 1. The van der Waals surface area contributed by atoms with Crippen LogP contribution in [0.3, 0.4) is 0 Å². The van der Waals surface area contributed by atoms with Crippen molar-refractivity contribution in [1.29, 1.82) is 0 Å². The minimum Gasteiger partial charge on any atom is -0.293 e. The van der Waals surface area contributed by atoms with Crippen LogP contribution in [-0.4, -0.2) is 27.7 Å². The molecular formula is C15H26N2O. The Labute approximate surface area is 111 Å². The summed E-state index contributed by atoms with van der Waals surface area (Å²) >= 11 is 0. The van der Waals surface area contributed by atoms with Gasteiger partial charge in [-0.05, 0) is 40.0 Å². The molecule has 0 aromatic carbocycles. The van der Waals surface area contributed by atoms with Crippen molar-refractivity contribution in [3.63, 3.8) is 0 Å². The predicted molar refractivity (Wildman–Crippen MR) is 74.8 cm³/mol. The highest BCUT2D eigenvalue weighted by Crippen LogP contribution is 2.41. The van der Waals surface area contributed by atoms with Gasteiger partial charge in [0.25, 0.3) is 5.91 Å². The van der Waals surface area contributed by atoms with Crippen LogP contribution < -0.4 is 0 Å². The highest BCUT2D eigenvalue weighted by atomic mass is 16.2. The highest BCUT2D eigenvalue weighted by molar-refractivity contribution is 6.09. The van der Waals surface area contributed by atoms with Gasteiger partial charge in [0, 0.05) is 12.0 Å². The van der Waals surface area contributed by atoms with Gasteiger partial charge in [-0.1, -0.05) is 26.2 Å². The molecule has 1 aliphatic heterocycles. The van der Waals surface area contributed by atoms with E-state index >= 15 is 0 Å². The summed E-state index contributed by atoms with van der Waals surface area (Å²) in [7, 11) is 0. The third-order valence-corrected chi connectivity index (χ3v) is 4.06. The number of carbonyl (C=O) groups is 1. The number of rotatable bonds is 3. The molecule has 1 spiro atoms. The van der Waals surface area contributed by atoms with Crippen molar-refractivity contribution in [1.82, 2.24) is 4.90 Å². The highest BCUT2D eigenvalue weighted by Gasteiger charge is 2.51. The Hall–Kier alpha value is -0.860. The van der Waals surface area contributed by atoms with E-state index in [-0.39, 0.29) is 17.0 Å². The molecule has 0 bridgehead atoms. The number of carbonyl (C=O) groups excluding carboxylic acids is 1. The molecule has 0 radical (unpaired) electrons. The monoisotopic (exact) mass is 250 g/mol. The van der Waals surface area contributed by atoms with Crippen molar-refractivity contribution >= 4 is 11.7 Å². The first-order chi connectivity index (χ1) is 8.41. The first kappa shape index (κ1) is 13.6. The van der Waals surface area contributed by atoms with Crippen molar-refractivity contribution < 1.29 is 4.79 Å². The molecule has 0 aromatic heterocycles.